The number of carbonyl (C=O) groups is 2. The van der Waals surface area contributed by atoms with Gasteiger partial charge in [0.2, 0.25) is 5.91 Å². The molecule has 0 aromatic heterocycles. The minimum atomic E-state index is -0.984. The molecule has 1 fully saturated rings. The molecule has 1 aliphatic rings. The van der Waals surface area contributed by atoms with Gasteiger partial charge in [-0.25, -0.2) is 9.18 Å². The largest absolute Gasteiger partial charge is 0.480 e. The summed E-state index contributed by atoms with van der Waals surface area (Å²) in [6.07, 6.45) is 0.391. The molecule has 7 heteroatoms. The summed E-state index contributed by atoms with van der Waals surface area (Å²) < 4.78 is 12.9. The second-order valence-corrected chi connectivity index (χ2v) is 7.10. The van der Waals surface area contributed by atoms with Crippen LogP contribution in [0, 0.1) is 11.7 Å². The van der Waals surface area contributed by atoms with E-state index in [1.54, 1.807) is 19.1 Å². The normalized spacial score (nSPS) is 22.6. The Labute approximate surface area is 138 Å². The van der Waals surface area contributed by atoms with E-state index >= 15 is 0 Å². The summed E-state index contributed by atoms with van der Waals surface area (Å²) in [6, 6.07) is 5.27. The maximum Gasteiger partial charge on any atom is 0.326 e. The first kappa shape index (κ1) is 17.1. The van der Waals surface area contributed by atoms with E-state index in [0.717, 1.165) is 4.90 Å². The van der Waals surface area contributed by atoms with E-state index in [-0.39, 0.29) is 22.9 Å². The van der Waals surface area contributed by atoms with E-state index in [9.17, 15) is 19.1 Å². The number of thiol groups is 1. The van der Waals surface area contributed by atoms with E-state index < -0.39 is 12.0 Å². The third kappa shape index (κ3) is 3.95. The molecule has 0 saturated carbocycles. The van der Waals surface area contributed by atoms with Crippen LogP contribution < -0.4 is 0 Å². The molecular formula is C15H18FNO3S2. The first-order valence-electron chi connectivity index (χ1n) is 6.98. The maximum absolute atomic E-state index is 12.9. The molecule has 2 unspecified atom stereocenters. The van der Waals surface area contributed by atoms with E-state index in [4.69, 9.17) is 0 Å². The lowest BCUT2D eigenvalue weighted by molar-refractivity contribution is -0.149. The van der Waals surface area contributed by atoms with Crippen molar-refractivity contribution in [3.63, 3.8) is 0 Å². The Kier molecular flexibility index (Phi) is 5.74. The number of rotatable bonds is 5. The van der Waals surface area contributed by atoms with Crippen LogP contribution >= 0.6 is 24.4 Å². The number of thioether (sulfide) groups is 1. The van der Waals surface area contributed by atoms with Crippen molar-refractivity contribution in [1.29, 1.82) is 0 Å². The van der Waals surface area contributed by atoms with Gasteiger partial charge in [0.1, 0.15) is 11.9 Å². The van der Waals surface area contributed by atoms with Crippen LogP contribution in [0.25, 0.3) is 0 Å². The minimum absolute atomic E-state index is 0.0115. The number of carbonyl (C=O) groups excluding carboxylic acids is 1. The van der Waals surface area contributed by atoms with Crippen LogP contribution in [0.5, 0.6) is 0 Å². The van der Waals surface area contributed by atoms with Gasteiger partial charge in [-0.05, 0) is 30.7 Å². The molecule has 0 aliphatic carbocycles. The number of amides is 1. The highest BCUT2D eigenvalue weighted by Gasteiger charge is 2.40. The Hall–Kier alpha value is -1.21. The molecule has 1 N–H and O–H groups in total. The molecule has 22 heavy (non-hydrogen) atoms. The molecule has 1 amide bonds. The molecule has 0 spiro atoms. The van der Waals surface area contributed by atoms with Gasteiger partial charge in [0.25, 0.3) is 0 Å². The van der Waals surface area contributed by atoms with E-state index in [2.05, 4.69) is 12.6 Å². The highest BCUT2D eigenvalue weighted by Crippen LogP contribution is 2.33. The van der Waals surface area contributed by atoms with Crippen LogP contribution in [0.1, 0.15) is 13.3 Å². The highest BCUT2D eigenvalue weighted by molar-refractivity contribution is 8.00. The van der Waals surface area contributed by atoms with Gasteiger partial charge < -0.3 is 10.0 Å². The number of hydrogen-bond donors (Lipinski definition) is 2. The minimum Gasteiger partial charge on any atom is -0.480 e. The quantitative estimate of drug-likeness (QED) is 0.807. The molecule has 120 valence electrons. The number of nitrogens with zero attached hydrogens (tertiary/aromatic N) is 1. The van der Waals surface area contributed by atoms with Crippen LogP contribution in [0.3, 0.4) is 0 Å². The third-order valence-corrected chi connectivity index (χ3v) is 5.41. The van der Waals surface area contributed by atoms with Crippen LogP contribution in [-0.2, 0) is 9.59 Å². The van der Waals surface area contributed by atoms with Gasteiger partial charge in [0, 0.05) is 28.4 Å². The molecule has 1 aromatic carbocycles. The molecule has 1 heterocycles. The molecule has 1 aliphatic heterocycles. The molecule has 1 saturated heterocycles. The molecule has 0 bridgehead atoms. The Morgan fingerprint density at radius 1 is 1.45 bits per heavy atom. The summed E-state index contributed by atoms with van der Waals surface area (Å²) in [7, 11) is 0. The lowest BCUT2D eigenvalue weighted by atomic mass is 10.1. The monoisotopic (exact) mass is 343 g/mol. The summed E-state index contributed by atoms with van der Waals surface area (Å²) in [5.41, 5.74) is 0. The van der Waals surface area contributed by atoms with Crippen molar-refractivity contribution in [3.8, 4) is 0 Å². The molecule has 0 radical (unpaired) electrons. The topological polar surface area (TPSA) is 57.6 Å². The van der Waals surface area contributed by atoms with Crippen LogP contribution in [-0.4, -0.2) is 45.5 Å². The average molecular weight is 343 g/mol. The van der Waals surface area contributed by atoms with E-state index in [1.165, 1.54) is 28.8 Å². The van der Waals surface area contributed by atoms with E-state index in [1.807, 2.05) is 0 Å². The number of benzene rings is 1. The van der Waals surface area contributed by atoms with Gasteiger partial charge in [-0.3, -0.25) is 4.79 Å². The van der Waals surface area contributed by atoms with Gasteiger partial charge in [0.15, 0.2) is 0 Å². The first-order valence-corrected chi connectivity index (χ1v) is 8.50. The summed E-state index contributed by atoms with van der Waals surface area (Å²) in [4.78, 5) is 26.0. The zero-order valence-corrected chi connectivity index (χ0v) is 13.8. The summed E-state index contributed by atoms with van der Waals surface area (Å²) in [5, 5.41) is 9.32. The smallest absolute Gasteiger partial charge is 0.326 e. The average Bonchev–Trinajstić information content (AvgIpc) is 2.92. The van der Waals surface area contributed by atoms with Crippen molar-refractivity contribution in [2.75, 3.05) is 12.3 Å². The number of hydrogen-bond acceptors (Lipinski definition) is 4. The van der Waals surface area contributed by atoms with Crippen LogP contribution in [0.4, 0.5) is 4.39 Å². The van der Waals surface area contributed by atoms with Crippen molar-refractivity contribution in [2.24, 2.45) is 5.92 Å². The molecule has 2 rings (SSSR count). The van der Waals surface area contributed by atoms with Crippen LogP contribution in [0.15, 0.2) is 29.2 Å². The zero-order valence-electron chi connectivity index (χ0n) is 12.1. The van der Waals surface area contributed by atoms with Gasteiger partial charge in [-0.1, -0.05) is 6.92 Å². The lowest BCUT2D eigenvalue weighted by Gasteiger charge is -2.24. The molecule has 3 atom stereocenters. The maximum atomic E-state index is 12.9. The predicted molar refractivity (Wildman–Crippen MR) is 86.8 cm³/mol. The SMILES string of the molecule is CC(CS)C(=O)N1CC(Sc2ccc(F)cc2)C[C@H]1C(=O)O. The molecular weight excluding hydrogens is 325 g/mol. The van der Waals surface area contributed by atoms with Crippen molar-refractivity contribution in [2.45, 2.75) is 29.5 Å². The second-order valence-electron chi connectivity index (χ2n) is 5.36. The zero-order chi connectivity index (χ0) is 16.3. The van der Waals surface area contributed by atoms with Crippen molar-refractivity contribution < 1.29 is 19.1 Å². The van der Waals surface area contributed by atoms with Crippen molar-refractivity contribution in [3.05, 3.63) is 30.1 Å². The van der Waals surface area contributed by atoms with Gasteiger partial charge in [0.05, 0.1) is 0 Å². The third-order valence-electron chi connectivity index (χ3n) is 3.64. The fourth-order valence-electron chi connectivity index (χ4n) is 2.43. The number of carboxylic acid groups (broad SMARTS) is 1. The predicted octanol–water partition coefficient (Wildman–Crippen LogP) is 2.54. The Morgan fingerprint density at radius 3 is 2.64 bits per heavy atom. The van der Waals surface area contributed by atoms with Crippen LogP contribution in [0.2, 0.25) is 0 Å². The van der Waals surface area contributed by atoms with E-state index in [0.29, 0.717) is 18.7 Å². The summed E-state index contributed by atoms with van der Waals surface area (Å²) in [6.45, 7) is 2.13. The second kappa shape index (κ2) is 7.37. The fraction of sp³-hybridized carbons (Fsp3) is 0.467. The number of aliphatic carboxylic acids is 1. The molecule has 4 nitrogen and oxygen atoms in total. The van der Waals surface area contributed by atoms with Gasteiger partial charge in [-0.15, -0.1) is 11.8 Å². The van der Waals surface area contributed by atoms with Gasteiger partial charge in [-0.2, -0.15) is 12.6 Å². The van der Waals surface area contributed by atoms with Gasteiger partial charge >= 0.3 is 5.97 Å². The number of carboxylic acids is 1. The summed E-state index contributed by atoms with van der Waals surface area (Å²) in [5.74, 6) is -1.39. The van der Waals surface area contributed by atoms with Crippen molar-refractivity contribution >= 4 is 36.3 Å². The Bertz CT molecular complexity index is 552. The Balaban J connectivity index is 2.08. The first-order chi connectivity index (χ1) is 10.4. The lowest BCUT2D eigenvalue weighted by Crippen LogP contribution is -2.43. The van der Waals surface area contributed by atoms with Crippen molar-refractivity contribution in [1.82, 2.24) is 4.90 Å². The Morgan fingerprint density at radius 2 is 2.09 bits per heavy atom. The summed E-state index contributed by atoms with van der Waals surface area (Å²) >= 11 is 5.58. The molecule has 1 aromatic rings. The number of halogens is 1. The fourth-order valence-corrected chi connectivity index (χ4v) is 3.78. The standard InChI is InChI=1S/C15H18FNO3S2/c1-9(8-21)14(18)17-7-12(6-13(17)15(19)20)22-11-4-2-10(16)3-5-11/h2-5,9,12-13,21H,6-8H2,1H3,(H,19,20)/t9?,12?,13-/m0/s1. The number of likely N-dealkylation sites (tertiary alicyclic amines) is 1. The highest BCUT2D eigenvalue weighted by atomic mass is 32.2.